The molecule has 1 aliphatic carbocycles. The van der Waals surface area contributed by atoms with Crippen LogP contribution in [0.5, 0.6) is 0 Å². The smallest absolute Gasteiger partial charge is 0.133 e. The van der Waals surface area contributed by atoms with Crippen molar-refractivity contribution < 1.29 is 0 Å². The molecule has 0 aromatic carbocycles. The molecule has 1 aliphatic rings. The molecule has 0 amide bonds. The molecule has 0 atom stereocenters. The third-order valence-corrected chi connectivity index (χ3v) is 3.10. The van der Waals surface area contributed by atoms with Gasteiger partial charge in [0.25, 0.3) is 0 Å². The van der Waals surface area contributed by atoms with Crippen molar-refractivity contribution in [2.75, 3.05) is 5.32 Å². The molecule has 1 aromatic heterocycles. The third kappa shape index (κ3) is 2.71. The molecule has 0 bridgehead atoms. The number of rotatable bonds is 3. The van der Waals surface area contributed by atoms with E-state index in [1.54, 1.807) is 0 Å². The van der Waals surface area contributed by atoms with E-state index in [0.717, 1.165) is 17.3 Å². The van der Waals surface area contributed by atoms with E-state index in [1.807, 2.05) is 13.0 Å². The minimum absolute atomic E-state index is 0.393. The summed E-state index contributed by atoms with van der Waals surface area (Å²) in [6.45, 7) is 6.30. The molecule has 88 valence electrons. The van der Waals surface area contributed by atoms with Crippen LogP contribution in [-0.4, -0.2) is 16.0 Å². The SMILES string of the molecule is Cc1cc(NC2CCCC2)nc(C(C)C)n1. The molecule has 0 radical (unpaired) electrons. The van der Waals surface area contributed by atoms with Gasteiger partial charge in [-0.3, -0.25) is 0 Å². The lowest BCUT2D eigenvalue weighted by Crippen LogP contribution is -2.16. The Balaban J connectivity index is 2.13. The van der Waals surface area contributed by atoms with Gasteiger partial charge in [-0.25, -0.2) is 9.97 Å². The molecule has 0 aliphatic heterocycles. The van der Waals surface area contributed by atoms with Crippen LogP contribution < -0.4 is 5.32 Å². The lowest BCUT2D eigenvalue weighted by atomic mass is 10.2. The van der Waals surface area contributed by atoms with Crippen LogP contribution in [0, 0.1) is 6.92 Å². The van der Waals surface area contributed by atoms with E-state index in [0.29, 0.717) is 12.0 Å². The highest BCUT2D eigenvalue weighted by atomic mass is 15.1. The summed E-state index contributed by atoms with van der Waals surface area (Å²) in [5, 5.41) is 3.53. The van der Waals surface area contributed by atoms with Crippen LogP contribution in [0.3, 0.4) is 0 Å². The van der Waals surface area contributed by atoms with Crippen molar-refractivity contribution in [3.05, 3.63) is 17.6 Å². The van der Waals surface area contributed by atoms with Gasteiger partial charge in [-0.15, -0.1) is 0 Å². The second-order valence-electron chi connectivity index (χ2n) is 5.03. The fraction of sp³-hybridized carbons (Fsp3) is 0.692. The zero-order valence-corrected chi connectivity index (χ0v) is 10.5. The maximum atomic E-state index is 4.57. The molecule has 1 heterocycles. The third-order valence-electron chi connectivity index (χ3n) is 3.10. The highest BCUT2D eigenvalue weighted by molar-refractivity contribution is 5.37. The van der Waals surface area contributed by atoms with Crippen LogP contribution in [0.25, 0.3) is 0 Å². The van der Waals surface area contributed by atoms with E-state index in [9.17, 15) is 0 Å². The molecule has 16 heavy (non-hydrogen) atoms. The van der Waals surface area contributed by atoms with Crippen molar-refractivity contribution in [1.29, 1.82) is 0 Å². The summed E-state index contributed by atoms with van der Waals surface area (Å²) in [7, 11) is 0. The van der Waals surface area contributed by atoms with Gasteiger partial charge in [-0.05, 0) is 19.8 Å². The zero-order valence-electron chi connectivity index (χ0n) is 10.5. The topological polar surface area (TPSA) is 37.8 Å². The molecule has 0 saturated heterocycles. The maximum absolute atomic E-state index is 4.57. The lowest BCUT2D eigenvalue weighted by Gasteiger charge is -2.14. The van der Waals surface area contributed by atoms with E-state index in [-0.39, 0.29) is 0 Å². The second kappa shape index (κ2) is 4.81. The minimum Gasteiger partial charge on any atom is -0.367 e. The summed E-state index contributed by atoms with van der Waals surface area (Å²) in [5.41, 5.74) is 1.05. The van der Waals surface area contributed by atoms with Gasteiger partial charge in [-0.2, -0.15) is 0 Å². The first-order valence-electron chi connectivity index (χ1n) is 6.27. The molecule has 0 unspecified atom stereocenters. The molecule has 2 rings (SSSR count). The van der Waals surface area contributed by atoms with Gasteiger partial charge in [0.15, 0.2) is 0 Å². The Morgan fingerprint density at radius 1 is 1.25 bits per heavy atom. The van der Waals surface area contributed by atoms with Crippen LogP contribution in [0.4, 0.5) is 5.82 Å². The van der Waals surface area contributed by atoms with Crippen LogP contribution in [-0.2, 0) is 0 Å². The molecule has 0 spiro atoms. The molecule has 1 fully saturated rings. The van der Waals surface area contributed by atoms with E-state index in [4.69, 9.17) is 0 Å². The Labute approximate surface area is 97.7 Å². The Kier molecular flexibility index (Phi) is 3.42. The Morgan fingerprint density at radius 2 is 1.94 bits per heavy atom. The normalized spacial score (nSPS) is 17.0. The van der Waals surface area contributed by atoms with Gasteiger partial charge >= 0.3 is 0 Å². The summed E-state index contributed by atoms with van der Waals surface area (Å²) in [4.78, 5) is 9.03. The van der Waals surface area contributed by atoms with Crippen molar-refractivity contribution in [1.82, 2.24) is 9.97 Å². The average molecular weight is 219 g/mol. The van der Waals surface area contributed by atoms with E-state index >= 15 is 0 Å². The van der Waals surface area contributed by atoms with E-state index in [1.165, 1.54) is 25.7 Å². The Hall–Kier alpha value is -1.12. The number of hydrogen-bond acceptors (Lipinski definition) is 3. The van der Waals surface area contributed by atoms with E-state index in [2.05, 4.69) is 29.1 Å². The van der Waals surface area contributed by atoms with Crippen LogP contribution >= 0.6 is 0 Å². The number of hydrogen-bond donors (Lipinski definition) is 1. The lowest BCUT2D eigenvalue weighted by molar-refractivity contribution is 0.731. The van der Waals surface area contributed by atoms with Crippen molar-refractivity contribution in [3.63, 3.8) is 0 Å². The molecule has 1 saturated carbocycles. The van der Waals surface area contributed by atoms with Crippen LogP contribution in [0.1, 0.15) is 57.0 Å². The predicted molar refractivity (Wildman–Crippen MR) is 66.7 cm³/mol. The first kappa shape index (κ1) is 11.4. The zero-order chi connectivity index (χ0) is 11.5. The van der Waals surface area contributed by atoms with Crippen molar-refractivity contribution in [2.24, 2.45) is 0 Å². The number of aromatic nitrogens is 2. The summed E-state index contributed by atoms with van der Waals surface area (Å²) < 4.78 is 0. The number of nitrogens with one attached hydrogen (secondary N) is 1. The number of anilines is 1. The second-order valence-corrected chi connectivity index (χ2v) is 5.03. The summed E-state index contributed by atoms with van der Waals surface area (Å²) in [6, 6.07) is 2.67. The predicted octanol–water partition coefficient (Wildman–Crippen LogP) is 3.26. The van der Waals surface area contributed by atoms with Gasteiger partial charge < -0.3 is 5.32 Å². The average Bonchev–Trinajstić information content (AvgIpc) is 2.69. The van der Waals surface area contributed by atoms with Gasteiger partial charge in [-0.1, -0.05) is 26.7 Å². The minimum atomic E-state index is 0.393. The first-order valence-corrected chi connectivity index (χ1v) is 6.27. The monoisotopic (exact) mass is 219 g/mol. The molecular weight excluding hydrogens is 198 g/mol. The molecule has 3 nitrogen and oxygen atoms in total. The van der Waals surface area contributed by atoms with Gasteiger partial charge in [0.2, 0.25) is 0 Å². The number of nitrogens with zero attached hydrogens (tertiary/aromatic N) is 2. The highest BCUT2D eigenvalue weighted by Crippen LogP contribution is 2.22. The van der Waals surface area contributed by atoms with Crippen molar-refractivity contribution in [3.8, 4) is 0 Å². The fourth-order valence-corrected chi connectivity index (χ4v) is 2.20. The van der Waals surface area contributed by atoms with Crippen LogP contribution in [0.2, 0.25) is 0 Å². The van der Waals surface area contributed by atoms with Gasteiger partial charge in [0, 0.05) is 23.7 Å². The highest BCUT2D eigenvalue weighted by Gasteiger charge is 2.15. The van der Waals surface area contributed by atoms with Gasteiger partial charge in [0.05, 0.1) is 0 Å². The Morgan fingerprint density at radius 3 is 2.56 bits per heavy atom. The standard InChI is InChI=1S/C13H21N3/c1-9(2)13-14-10(3)8-12(16-13)15-11-6-4-5-7-11/h8-9,11H,4-7H2,1-3H3,(H,14,15,16). The van der Waals surface area contributed by atoms with Gasteiger partial charge in [0.1, 0.15) is 11.6 Å². The van der Waals surface area contributed by atoms with Crippen molar-refractivity contribution >= 4 is 5.82 Å². The quantitative estimate of drug-likeness (QED) is 0.848. The Bertz CT molecular complexity index is 354. The van der Waals surface area contributed by atoms with Crippen LogP contribution in [0.15, 0.2) is 6.07 Å². The van der Waals surface area contributed by atoms with E-state index < -0.39 is 0 Å². The summed E-state index contributed by atoms with van der Waals surface area (Å²) >= 11 is 0. The summed E-state index contributed by atoms with van der Waals surface area (Å²) in [5.74, 6) is 2.34. The fourth-order valence-electron chi connectivity index (χ4n) is 2.20. The molecule has 1 aromatic rings. The first-order chi connectivity index (χ1) is 7.65. The molecule has 1 N–H and O–H groups in total. The largest absolute Gasteiger partial charge is 0.367 e. The summed E-state index contributed by atoms with van der Waals surface area (Å²) in [6.07, 6.45) is 5.25. The van der Waals surface area contributed by atoms with Crippen molar-refractivity contribution in [2.45, 2.75) is 58.4 Å². The molecular formula is C13H21N3. The number of aryl methyl sites for hydroxylation is 1. The molecule has 3 heteroatoms. The maximum Gasteiger partial charge on any atom is 0.133 e.